The second-order valence-electron chi connectivity index (χ2n) is 15.3. The Balaban J connectivity index is 1.07. The van der Waals surface area contributed by atoms with Gasteiger partial charge in [-0.1, -0.05) is 78.9 Å². The Morgan fingerprint density at radius 2 is 1.53 bits per heavy atom. The number of amides is 4. The molecule has 0 spiro atoms. The van der Waals surface area contributed by atoms with Gasteiger partial charge in [-0.25, -0.2) is 19.7 Å². The molecule has 2 saturated heterocycles. The van der Waals surface area contributed by atoms with E-state index >= 15 is 0 Å². The normalized spacial score (nSPS) is 17.6. The van der Waals surface area contributed by atoms with E-state index in [1.807, 2.05) is 104 Å². The molecular weight excluding hydrogens is 749 g/mol. The molecule has 0 unspecified atom stereocenters. The van der Waals surface area contributed by atoms with Gasteiger partial charge in [0, 0.05) is 18.7 Å². The largest absolute Gasteiger partial charge is 0.465 e. The molecule has 0 saturated carbocycles. The molecule has 4 heterocycles. The Hall–Kier alpha value is -6.80. The van der Waals surface area contributed by atoms with Crippen molar-refractivity contribution in [3.8, 4) is 11.5 Å². The minimum atomic E-state index is -1.35. The summed E-state index contributed by atoms with van der Waals surface area (Å²) in [6.07, 6.45) is 2.74. The zero-order valence-electron chi connectivity index (χ0n) is 33.1. The molecule has 4 atom stereocenters. The van der Waals surface area contributed by atoms with Crippen LogP contribution >= 0.6 is 0 Å². The molecule has 2 aliphatic heterocycles. The second kappa shape index (κ2) is 16.6. The van der Waals surface area contributed by atoms with E-state index in [0.29, 0.717) is 47.5 Å². The van der Waals surface area contributed by atoms with Crippen molar-refractivity contribution in [3.05, 3.63) is 132 Å². The van der Waals surface area contributed by atoms with Gasteiger partial charge in [-0.3, -0.25) is 19.3 Å². The standard InChI is InChI=1S/C45H46N8O6/c1-28-14-10-11-19-34(28)53(42(54)36-21-13-25-52(36)43(55)38(49-45(57)58)29-15-6-4-7-16-29)37-27-46-41(59-37)31-22-23-32-33(26-31)48-40(47-32)35-20-12-24-51(35)44(56)39(50(2)3)30-17-8-5-9-18-30/h4-11,14-19,22-23,26-27,35-36,38-39,49H,12-13,20-21,24-25H2,1-3H3,(H,47,48)(H,57,58)/t35-,36-,38+,39+/m0/s1. The summed E-state index contributed by atoms with van der Waals surface area (Å²) in [7, 11) is 3.84. The number of oxazole rings is 1. The number of aromatic nitrogens is 3. The zero-order valence-corrected chi connectivity index (χ0v) is 33.1. The van der Waals surface area contributed by atoms with E-state index in [4.69, 9.17) is 9.40 Å². The lowest BCUT2D eigenvalue weighted by molar-refractivity contribution is -0.139. The van der Waals surface area contributed by atoms with Crippen LogP contribution in [0.2, 0.25) is 0 Å². The van der Waals surface area contributed by atoms with Gasteiger partial charge in [0.15, 0.2) is 0 Å². The van der Waals surface area contributed by atoms with Crippen LogP contribution in [0.3, 0.4) is 0 Å². The van der Waals surface area contributed by atoms with Crippen molar-refractivity contribution in [2.45, 2.75) is 56.8 Å². The summed E-state index contributed by atoms with van der Waals surface area (Å²) < 4.78 is 6.39. The number of nitrogens with zero attached hydrogens (tertiary/aromatic N) is 6. The van der Waals surface area contributed by atoms with Crippen molar-refractivity contribution < 1.29 is 28.7 Å². The van der Waals surface area contributed by atoms with Gasteiger partial charge in [-0.2, -0.15) is 0 Å². The predicted octanol–water partition coefficient (Wildman–Crippen LogP) is 7.16. The lowest BCUT2D eigenvalue weighted by Gasteiger charge is -2.31. The summed E-state index contributed by atoms with van der Waals surface area (Å²) in [6, 6.07) is 28.7. The van der Waals surface area contributed by atoms with Crippen LogP contribution < -0.4 is 10.2 Å². The molecule has 2 aromatic heterocycles. The van der Waals surface area contributed by atoms with Crippen molar-refractivity contribution in [2.75, 3.05) is 32.1 Å². The number of aromatic amines is 1. The molecular formula is C45H46N8O6. The average molecular weight is 795 g/mol. The van der Waals surface area contributed by atoms with Gasteiger partial charge < -0.3 is 29.6 Å². The maximum absolute atomic E-state index is 14.7. The SMILES string of the molecule is Cc1ccccc1N(C(=O)[C@@H]1CCCN1C(=O)[C@H](NC(=O)O)c1ccccc1)c1cnc(-c2ccc3[nH]c([C@@H]4CCCN4C(=O)[C@@H](c4ccccc4)N(C)C)nc3c2)o1. The van der Waals surface area contributed by atoms with Gasteiger partial charge in [0.1, 0.15) is 23.9 Å². The highest BCUT2D eigenvalue weighted by atomic mass is 16.4. The van der Waals surface area contributed by atoms with Crippen LogP contribution in [-0.2, 0) is 14.4 Å². The Morgan fingerprint density at radius 3 is 2.24 bits per heavy atom. The van der Waals surface area contributed by atoms with Gasteiger partial charge in [0.05, 0.1) is 29.0 Å². The van der Waals surface area contributed by atoms with Crippen LogP contribution in [0.5, 0.6) is 0 Å². The number of H-pyrrole nitrogens is 1. The number of hydrogen-bond donors (Lipinski definition) is 3. The molecule has 2 fully saturated rings. The number of rotatable bonds is 11. The second-order valence-corrected chi connectivity index (χ2v) is 15.3. The Bertz CT molecular complexity index is 2480. The first kappa shape index (κ1) is 39.0. The van der Waals surface area contributed by atoms with E-state index in [1.165, 1.54) is 16.0 Å². The number of para-hydroxylation sites is 1. The highest BCUT2D eigenvalue weighted by Crippen LogP contribution is 2.38. The lowest BCUT2D eigenvalue weighted by Crippen LogP contribution is -2.50. The number of benzene rings is 4. The van der Waals surface area contributed by atoms with Gasteiger partial charge in [0.2, 0.25) is 17.7 Å². The van der Waals surface area contributed by atoms with E-state index in [2.05, 4.69) is 15.3 Å². The molecule has 14 heteroatoms. The first-order chi connectivity index (χ1) is 28.6. The third-order valence-electron chi connectivity index (χ3n) is 11.2. The van der Waals surface area contributed by atoms with Crippen LogP contribution in [0.25, 0.3) is 22.5 Å². The Labute approximate surface area is 341 Å². The summed E-state index contributed by atoms with van der Waals surface area (Å²) in [5.74, 6) is 0.259. The predicted molar refractivity (Wildman–Crippen MR) is 222 cm³/mol. The van der Waals surface area contributed by atoms with Crippen LogP contribution in [0, 0.1) is 6.92 Å². The van der Waals surface area contributed by atoms with Crippen LogP contribution in [0.4, 0.5) is 16.4 Å². The van der Waals surface area contributed by atoms with Crippen LogP contribution in [0.15, 0.2) is 114 Å². The van der Waals surface area contributed by atoms with Gasteiger partial charge in [0.25, 0.3) is 11.8 Å². The molecule has 0 radical (unpaired) electrons. The summed E-state index contributed by atoms with van der Waals surface area (Å²) in [6.45, 7) is 2.81. The van der Waals surface area contributed by atoms with E-state index in [1.54, 1.807) is 30.3 Å². The number of nitrogens with one attached hydrogen (secondary N) is 2. The smallest absolute Gasteiger partial charge is 0.405 e. The first-order valence-corrected chi connectivity index (χ1v) is 19.8. The fraction of sp³-hybridized carbons (Fsp3) is 0.289. The highest BCUT2D eigenvalue weighted by Gasteiger charge is 2.42. The molecule has 0 bridgehead atoms. The molecule has 6 aromatic rings. The minimum Gasteiger partial charge on any atom is -0.465 e. The summed E-state index contributed by atoms with van der Waals surface area (Å²) in [5, 5.41) is 12.0. The van der Waals surface area contributed by atoms with Gasteiger partial charge in [-0.15, -0.1) is 0 Å². The molecule has 302 valence electrons. The number of likely N-dealkylation sites (tertiary alicyclic amines) is 2. The molecule has 0 aliphatic carbocycles. The molecule has 59 heavy (non-hydrogen) atoms. The van der Waals surface area contributed by atoms with Crippen molar-refractivity contribution in [2.24, 2.45) is 0 Å². The van der Waals surface area contributed by atoms with Crippen LogP contribution in [0.1, 0.15) is 66.3 Å². The van der Waals surface area contributed by atoms with Gasteiger partial charge >= 0.3 is 6.09 Å². The number of aryl methyl sites for hydroxylation is 1. The monoisotopic (exact) mass is 794 g/mol. The number of carboxylic acid groups (broad SMARTS) is 1. The number of anilines is 2. The number of carbonyl (C=O) groups excluding carboxylic acids is 3. The number of carbonyl (C=O) groups is 4. The molecule has 14 nitrogen and oxygen atoms in total. The van der Waals surface area contributed by atoms with Crippen molar-refractivity contribution >= 4 is 46.4 Å². The van der Waals surface area contributed by atoms with Crippen molar-refractivity contribution in [1.82, 2.24) is 35.0 Å². The number of likely N-dealkylation sites (N-methyl/N-ethyl adjacent to an activating group) is 1. The Morgan fingerprint density at radius 1 is 0.847 bits per heavy atom. The number of hydrogen-bond acceptors (Lipinski definition) is 8. The third-order valence-corrected chi connectivity index (χ3v) is 11.2. The number of fused-ring (bicyclic) bond motifs is 1. The third kappa shape index (κ3) is 7.78. The maximum atomic E-state index is 14.7. The minimum absolute atomic E-state index is 0.0305. The quantitative estimate of drug-likeness (QED) is 0.123. The topological polar surface area (TPSA) is 168 Å². The van der Waals surface area contributed by atoms with Gasteiger partial charge in [-0.05, 0) is 87.7 Å². The van der Waals surface area contributed by atoms with Crippen molar-refractivity contribution in [3.63, 3.8) is 0 Å². The number of imidazole rings is 1. The molecule has 8 rings (SSSR count). The molecule has 2 aliphatic rings. The molecule has 3 N–H and O–H groups in total. The van der Waals surface area contributed by atoms with E-state index in [9.17, 15) is 24.3 Å². The maximum Gasteiger partial charge on any atom is 0.405 e. The fourth-order valence-electron chi connectivity index (χ4n) is 8.41. The average Bonchev–Trinajstić information content (AvgIpc) is 4.08. The Kier molecular flexibility index (Phi) is 11.0. The van der Waals surface area contributed by atoms with E-state index in [0.717, 1.165) is 29.5 Å². The first-order valence-electron chi connectivity index (χ1n) is 19.8. The summed E-state index contributed by atoms with van der Waals surface area (Å²) >= 11 is 0. The lowest BCUT2D eigenvalue weighted by atomic mass is 10.0. The fourth-order valence-corrected chi connectivity index (χ4v) is 8.41. The zero-order chi connectivity index (χ0) is 41.2. The summed E-state index contributed by atoms with van der Waals surface area (Å²) in [4.78, 5) is 74.5. The van der Waals surface area contributed by atoms with Crippen molar-refractivity contribution in [1.29, 1.82) is 0 Å². The van der Waals surface area contributed by atoms with E-state index < -0.39 is 36.0 Å². The van der Waals surface area contributed by atoms with E-state index in [-0.39, 0.29) is 30.3 Å². The molecule has 4 aromatic carbocycles. The molecule has 4 amide bonds. The van der Waals surface area contributed by atoms with Crippen LogP contribution in [-0.4, -0.2) is 91.8 Å². The highest BCUT2D eigenvalue weighted by molar-refractivity contribution is 6.05. The summed E-state index contributed by atoms with van der Waals surface area (Å²) in [5.41, 5.74) is 4.90.